The van der Waals surface area contributed by atoms with Crippen molar-refractivity contribution >= 4 is 29.9 Å². The zero-order chi connectivity index (χ0) is 14.4. The molecule has 0 radical (unpaired) electrons. The van der Waals surface area contributed by atoms with Gasteiger partial charge in [0, 0.05) is 12.1 Å². The highest BCUT2D eigenvalue weighted by atomic mass is 35.5. The van der Waals surface area contributed by atoms with Gasteiger partial charge in [-0.15, -0.1) is 12.4 Å². The van der Waals surface area contributed by atoms with Crippen LogP contribution < -0.4 is 10.1 Å². The number of likely N-dealkylation sites (N-methyl/N-ethyl adjacent to an activating group) is 1. The first kappa shape index (κ1) is 18.1. The van der Waals surface area contributed by atoms with E-state index in [2.05, 4.69) is 5.32 Å². The van der Waals surface area contributed by atoms with Gasteiger partial charge in [0.2, 0.25) is 5.91 Å². The second-order valence-electron chi connectivity index (χ2n) is 5.07. The van der Waals surface area contributed by atoms with Crippen LogP contribution in [0.15, 0.2) is 24.3 Å². The highest BCUT2D eigenvalue weighted by Gasteiger charge is 2.23. The average molecular weight is 333 g/mol. The molecular formula is C15H22Cl2N2O2. The Morgan fingerprint density at radius 2 is 2.29 bits per heavy atom. The van der Waals surface area contributed by atoms with Gasteiger partial charge < -0.3 is 15.0 Å². The maximum atomic E-state index is 12.2. The van der Waals surface area contributed by atoms with Crippen LogP contribution in [0.5, 0.6) is 5.75 Å². The van der Waals surface area contributed by atoms with Gasteiger partial charge in [-0.25, -0.2) is 0 Å². The van der Waals surface area contributed by atoms with E-state index in [1.807, 2.05) is 19.2 Å². The molecule has 6 heteroatoms. The summed E-state index contributed by atoms with van der Waals surface area (Å²) in [5.74, 6) is 0.883. The van der Waals surface area contributed by atoms with E-state index < -0.39 is 0 Å². The molecule has 1 heterocycles. The number of hydrogen-bond donors (Lipinski definition) is 1. The lowest BCUT2D eigenvalue weighted by molar-refractivity contribution is -0.133. The van der Waals surface area contributed by atoms with E-state index in [-0.39, 0.29) is 24.4 Å². The van der Waals surface area contributed by atoms with Crippen LogP contribution in [0, 0.1) is 0 Å². The molecule has 1 amide bonds. The van der Waals surface area contributed by atoms with Crippen molar-refractivity contribution in [3.8, 4) is 5.75 Å². The predicted molar refractivity (Wildman–Crippen MR) is 87.5 cm³/mol. The summed E-state index contributed by atoms with van der Waals surface area (Å²) in [6.45, 7) is 1.97. The number of ether oxygens (including phenoxy) is 1. The van der Waals surface area contributed by atoms with E-state index in [1.165, 1.54) is 0 Å². The van der Waals surface area contributed by atoms with Gasteiger partial charge in [-0.3, -0.25) is 4.79 Å². The standard InChI is InChI=1S/C15H21ClN2O2.ClH/c1-18(15(19)14-7-2-3-8-17-14)9-10-20-13-6-4-5-12(16)11-13;/h4-6,11,14,17H,2-3,7-10H2,1H3;1H. The number of carbonyl (C=O) groups excluding carboxylic acids is 1. The van der Waals surface area contributed by atoms with Crippen molar-refractivity contribution in [2.24, 2.45) is 0 Å². The molecule has 1 aliphatic rings. The van der Waals surface area contributed by atoms with E-state index >= 15 is 0 Å². The van der Waals surface area contributed by atoms with E-state index in [0.29, 0.717) is 18.2 Å². The molecule has 1 atom stereocenters. The number of benzene rings is 1. The summed E-state index contributed by atoms with van der Waals surface area (Å²) in [6, 6.07) is 7.25. The molecule has 118 valence electrons. The zero-order valence-electron chi connectivity index (χ0n) is 12.2. The predicted octanol–water partition coefficient (Wildman–Crippen LogP) is 2.74. The molecule has 1 unspecified atom stereocenters. The number of nitrogens with one attached hydrogen (secondary N) is 1. The van der Waals surface area contributed by atoms with E-state index in [1.54, 1.807) is 17.0 Å². The van der Waals surface area contributed by atoms with Crippen LogP contribution in [0.4, 0.5) is 0 Å². The first-order valence-electron chi connectivity index (χ1n) is 7.03. The minimum atomic E-state index is -0.0279. The monoisotopic (exact) mass is 332 g/mol. The van der Waals surface area contributed by atoms with Gasteiger partial charge in [0.1, 0.15) is 12.4 Å². The lowest BCUT2D eigenvalue weighted by Gasteiger charge is -2.27. The van der Waals surface area contributed by atoms with Crippen molar-refractivity contribution in [1.29, 1.82) is 0 Å². The molecule has 0 saturated carbocycles. The highest BCUT2D eigenvalue weighted by molar-refractivity contribution is 6.30. The number of amides is 1. The molecule has 2 rings (SSSR count). The van der Waals surface area contributed by atoms with Crippen LogP contribution in [0.1, 0.15) is 19.3 Å². The van der Waals surface area contributed by atoms with Gasteiger partial charge in [0.25, 0.3) is 0 Å². The number of rotatable bonds is 5. The first-order chi connectivity index (χ1) is 9.66. The van der Waals surface area contributed by atoms with Crippen LogP contribution in [0.2, 0.25) is 5.02 Å². The SMILES string of the molecule is CN(CCOc1cccc(Cl)c1)C(=O)C1CCCCN1.Cl. The summed E-state index contributed by atoms with van der Waals surface area (Å²) < 4.78 is 5.60. The second-order valence-corrected chi connectivity index (χ2v) is 5.50. The molecule has 1 saturated heterocycles. The number of piperidine rings is 1. The number of halogens is 2. The molecule has 21 heavy (non-hydrogen) atoms. The zero-order valence-corrected chi connectivity index (χ0v) is 13.8. The largest absolute Gasteiger partial charge is 0.492 e. The molecule has 1 fully saturated rings. The molecule has 4 nitrogen and oxygen atoms in total. The van der Waals surface area contributed by atoms with Crippen molar-refractivity contribution in [3.63, 3.8) is 0 Å². The Labute approximate surface area is 137 Å². The van der Waals surface area contributed by atoms with Crippen molar-refractivity contribution < 1.29 is 9.53 Å². The maximum absolute atomic E-state index is 12.2. The maximum Gasteiger partial charge on any atom is 0.239 e. The van der Waals surface area contributed by atoms with Gasteiger partial charge in [0.15, 0.2) is 0 Å². The van der Waals surface area contributed by atoms with E-state index in [0.717, 1.165) is 31.6 Å². The van der Waals surface area contributed by atoms with Crippen LogP contribution in [-0.4, -0.2) is 43.6 Å². The third-order valence-electron chi connectivity index (χ3n) is 3.48. The Morgan fingerprint density at radius 1 is 1.48 bits per heavy atom. The first-order valence-corrected chi connectivity index (χ1v) is 7.41. The van der Waals surface area contributed by atoms with Gasteiger partial charge in [0.05, 0.1) is 12.6 Å². The third-order valence-corrected chi connectivity index (χ3v) is 3.71. The molecule has 1 N–H and O–H groups in total. The van der Waals surface area contributed by atoms with Crippen molar-refractivity contribution in [1.82, 2.24) is 10.2 Å². The summed E-state index contributed by atoms with van der Waals surface area (Å²) in [7, 11) is 1.82. The normalized spacial score (nSPS) is 17.7. The molecule has 1 aromatic carbocycles. The molecule has 0 spiro atoms. The summed E-state index contributed by atoms with van der Waals surface area (Å²) in [5.41, 5.74) is 0. The number of nitrogens with zero attached hydrogens (tertiary/aromatic N) is 1. The third kappa shape index (κ3) is 5.73. The minimum absolute atomic E-state index is 0. The Morgan fingerprint density at radius 3 is 2.95 bits per heavy atom. The van der Waals surface area contributed by atoms with Gasteiger partial charge in [-0.1, -0.05) is 24.1 Å². The topological polar surface area (TPSA) is 41.6 Å². The fourth-order valence-corrected chi connectivity index (χ4v) is 2.48. The highest BCUT2D eigenvalue weighted by Crippen LogP contribution is 2.17. The quantitative estimate of drug-likeness (QED) is 0.901. The minimum Gasteiger partial charge on any atom is -0.492 e. The van der Waals surface area contributed by atoms with Crippen molar-refractivity contribution in [2.75, 3.05) is 26.7 Å². The van der Waals surface area contributed by atoms with Crippen molar-refractivity contribution in [2.45, 2.75) is 25.3 Å². The Hall–Kier alpha value is -0.970. The molecule has 0 aliphatic carbocycles. The number of carbonyl (C=O) groups is 1. The van der Waals surface area contributed by atoms with Crippen LogP contribution in [0.25, 0.3) is 0 Å². The lowest BCUT2D eigenvalue weighted by atomic mass is 10.0. The summed E-state index contributed by atoms with van der Waals surface area (Å²) in [6.07, 6.45) is 3.21. The van der Waals surface area contributed by atoms with Gasteiger partial charge in [-0.05, 0) is 37.6 Å². The molecule has 1 aromatic rings. The molecular weight excluding hydrogens is 311 g/mol. The van der Waals surface area contributed by atoms with Crippen LogP contribution in [0.3, 0.4) is 0 Å². The van der Waals surface area contributed by atoms with Crippen molar-refractivity contribution in [3.05, 3.63) is 29.3 Å². The average Bonchev–Trinajstić information content (AvgIpc) is 2.47. The Balaban J connectivity index is 0.00000220. The van der Waals surface area contributed by atoms with Crippen LogP contribution in [-0.2, 0) is 4.79 Å². The summed E-state index contributed by atoms with van der Waals surface area (Å²) >= 11 is 5.89. The van der Waals surface area contributed by atoms with Gasteiger partial charge in [-0.2, -0.15) is 0 Å². The molecule has 0 bridgehead atoms. The smallest absolute Gasteiger partial charge is 0.239 e. The summed E-state index contributed by atoms with van der Waals surface area (Å²) in [4.78, 5) is 13.9. The lowest BCUT2D eigenvalue weighted by Crippen LogP contribution is -2.48. The summed E-state index contributed by atoms with van der Waals surface area (Å²) in [5, 5.41) is 3.92. The van der Waals surface area contributed by atoms with Crippen LogP contribution >= 0.6 is 24.0 Å². The fourth-order valence-electron chi connectivity index (χ4n) is 2.30. The molecule has 1 aliphatic heterocycles. The Bertz CT molecular complexity index is 451. The number of hydrogen-bond acceptors (Lipinski definition) is 3. The fraction of sp³-hybridized carbons (Fsp3) is 0.533. The van der Waals surface area contributed by atoms with E-state index in [4.69, 9.17) is 16.3 Å². The van der Waals surface area contributed by atoms with Gasteiger partial charge >= 0.3 is 0 Å². The second kappa shape index (κ2) is 9.13. The Kier molecular flexibility index (Phi) is 7.86. The molecule has 0 aromatic heterocycles. The van der Waals surface area contributed by atoms with E-state index in [9.17, 15) is 4.79 Å².